The molecule has 2 heteroatoms. The normalized spacial score (nSPS) is 29.2. The van der Waals surface area contributed by atoms with Gasteiger partial charge in [-0.15, -0.1) is 0 Å². The van der Waals surface area contributed by atoms with Crippen LogP contribution < -0.4 is 0 Å². The molecular formula is C18H19NO. The first-order valence-corrected chi connectivity index (χ1v) is 7.41. The van der Waals surface area contributed by atoms with E-state index in [4.69, 9.17) is 0 Å². The summed E-state index contributed by atoms with van der Waals surface area (Å²) in [6, 6.07) is 15.0. The molecule has 0 radical (unpaired) electrons. The average molecular weight is 265 g/mol. The van der Waals surface area contributed by atoms with Crippen LogP contribution in [-0.2, 0) is 0 Å². The van der Waals surface area contributed by atoms with Gasteiger partial charge in [0.2, 0.25) is 0 Å². The first kappa shape index (κ1) is 12.1. The molecule has 1 saturated heterocycles. The number of nitrogens with zero attached hydrogens (tertiary/aromatic N) is 1. The Bertz CT molecular complexity index is 671. The highest BCUT2D eigenvalue weighted by Crippen LogP contribution is 2.37. The maximum absolute atomic E-state index is 10.4. The number of aliphatic hydroxyl groups excluding tert-OH is 1. The lowest BCUT2D eigenvalue weighted by Gasteiger charge is -2.41. The van der Waals surface area contributed by atoms with Gasteiger partial charge in [0.1, 0.15) is 0 Å². The van der Waals surface area contributed by atoms with Crippen molar-refractivity contribution in [1.82, 2.24) is 4.90 Å². The minimum atomic E-state index is -0.197. The molecule has 2 bridgehead atoms. The predicted molar refractivity (Wildman–Crippen MR) is 82.5 cm³/mol. The molecular weight excluding hydrogens is 246 g/mol. The van der Waals surface area contributed by atoms with Crippen molar-refractivity contribution in [2.75, 3.05) is 19.6 Å². The molecule has 0 amide bonds. The molecule has 3 atom stereocenters. The molecule has 2 aromatic rings. The summed E-state index contributed by atoms with van der Waals surface area (Å²) in [5, 5.41) is 12.9. The Kier molecular flexibility index (Phi) is 2.86. The Balaban J connectivity index is 1.86. The van der Waals surface area contributed by atoms with Crippen molar-refractivity contribution in [2.45, 2.75) is 12.5 Å². The molecule has 0 saturated carbocycles. The monoisotopic (exact) mass is 265 g/mol. The second-order valence-electron chi connectivity index (χ2n) is 5.91. The van der Waals surface area contributed by atoms with Gasteiger partial charge in [0.25, 0.3) is 0 Å². The van der Waals surface area contributed by atoms with Crippen molar-refractivity contribution in [3.63, 3.8) is 0 Å². The number of hydrogen-bond acceptors (Lipinski definition) is 2. The van der Waals surface area contributed by atoms with Crippen LogP contribution in [0.3, 0.4) is 0 Å². The van der Waals surface area contributed by atoms with Crippen LogP contribution in [0.2, 0.25) is 0 Å². The lowest BCUT2D eigenvalue weighted by Crippen LogP contribution is -2.46. The summed E-state index contributed by atoms with van der Waals surface area (Å²) >= 11 is 0. The van der Waals surface area contributed by atoms with Crippen LogP contribution in [0.4, 0.5) is 0 Å². The van der Waals surface area contributed by atoms with Gasteiger partial charge < -0.3 is 5.11 Å². The topological polar surface area (TPSA) is 23.5 Å². The van der Waals surface area contributed by atoms with E-state index in [1.54, 1.807) is 0 Å². The zero-order valence-corrected chi connectivity index (χ0v) is 11.5. The Morgan fingerprint density at radius 2 is 1.90 bits per heavy atom. The van der Waals surface area contributed by atoms with Gasteiger partial charge in [0.05, 0.1) is 6.10 Å². The van der Waals surface area contributed by atoms with Gasteiger partial charge in [-0.05, 0) is 28.3 Å². The number of rotatable bonds is 1. The highest BCUT2D eigenvalue weighted by molar-refractivity contribution is 5.94. The summed E-state index contributed by atoms with van der Waals surface area (Å²) in [5.74, 6) is 0.267. The van der Waals surface area contributed by atoms with Crippen molar-refractivity contribution in [2.24, 2.45) is 5.92 Å². The van der Waals surface area contributed by atoms with Crippen LogP contribution in [0.25, 0.3) is 16.3 Å². The molecule has 0 aromatic heterocycles. The van der Waals surface area contributed by atoms with Crippen LogP contribution in [0.5, 0.6) is 0 Å². The summed E-state index contributed by atoms with van der Waals surface area (Å²) in [6.07, 6.45) is 3.02. The molecule has 4 rings (SSSR count). The van der Waals surface area contributed by atoms with Crippen molar-refractivity contribution in [1.29, 1.82) is 0 Å². The molecule has 2 nitrogen and oxygen atoms in total. The fraction of sp³-hybridized carbons (Fsp3) is 0.333. The highest BCUT2D eigenvalue weighted by Gasteiger charge is 2.33. The second-order valence-corrected chi connectivity index (χ2v) is 5.91. The van der Waals surface area contributed by atoms with Crippen LogP contribution in [0, 0.1) is 5.92 Å². The quantitative estimate of drug-likeness (QED) is 0.857. The van der Waals surface area contributed by atoms with Gasteiger partial charge in [-0.2, -0.15) is 0 Å². The summed E-state index contributed by atoms with van der Waals surface area (Å²) in [5.41, 5.74) is 2.64. The van der Waals surface area contributed by atoms with Crippen LogP contribution >= 0.6 is 0 Å². The Morgan fingerprint density at radius 3 is 2.85 bits per heavy atom. The Morgan fingerprint density at radius 1 is 1.05 bits per heavy atom. The number of hydrogen-bond donors (Lipinski definition) is 1. The van der Waals surface area contributed by atoms with Gasteiger partial charge >= 0.3 is 0 Å². The van der Waals surface area contributed by atoms with Gasteiger partial charge in [0, 0.05) is 25.6 Å². The third-order valence-electron chi connectivity index (χ3n) is 4.73. The molecule has 2 aliphatic heterocycles. The third kappa shape index (κ3) is 1.88. The van der Waals surface area contributed by atoms with Crippen molar-refractivity contribution in [3.8, 4) is 0 Å². The van der Waals surface area contributed by atoms with Gasteiger partial charge in [-0.25, -0.2) is 0 Å². The second kappa shape index (κ2) is 4.72. The van der Waals surface area contributed by atoms with E-state index in [-0.39, 0.29) is 12.0 Å². The van der Waals surface area contributed by atoms with E-state index >= 15 is 0 Å². The zero-order chi connectivity index (χ0) is 13.5. The summed E-state index contributed by atoms with van der Waals surface area (Å²) in [6.45, 7) is 3.04. The molecule has 1 N–H and O–H groups in total. The van der Waals surface area contributed by atoms with Crippen LogP contribution in [0.15, 0.2) is 48.5 Å². The van der Waals surface area contributed by atoms with E-state index in [0.717, 1.165) is 26.1 Å². The zero-order valence-electron chi connectivity index (χ0n) is 11.5. The maximum atomic E-state index is 10.4. The van der Waals surface area contributed by atoms with Crippen LogP contribution in [-0.4, -0.2) is 35.7 Å². The number of piperidine rings is 1. The summed E-state index contributed by atoms with van der Waals surface area (Å²) in [7, 11) is 0. The lowest BCUT2D eigenvalue weighted by molar-refractivity contribution is 0.0509. The molecule has 1 unspecified atom stereocenters. The summed E-state index contributed by atoms with van der Waals surface area (Å²) < 4.78 is 0. The van der Waals surface area contributed by atoms with E-state index in [9.17, 15) is 5.11 Å². The van der Waals surface area contributed by atoms with Crippen molar-refractivity contribution < 1.29 is 5.11 Å². The number of aliphatic hydroxyl groups is 1. The minimum Gasteiger partial charge on any atom is -0.392 e. The minimum absolute atomic E-state index is 0.197. The molecule has 2 aliphatic rings. The van der Waals surface area contributed by atoms with Gasteiger partial charge in [-0.1, -0.05) is 48.5 Å². The SMILES string of the molecule is O[C@@H]1CCN2CC=C(c3cccc4ccccc34)[C@H]1C2. The van der Waals surface area contributed by atoms with Crippen molar-refractivity contribution in [3.05, 3.63) is 54.1 Å². The molecule has 20 heavy (non-hydrogen) atoms. The third-order valence-corrected chi connectivity index (χ3v) is 4.73. The molecule has 2 aromatic carbocycles. The molecule has 1 fully saturated rings. The fourth-order valence-corrected chi connectivity index (χ4v) is 3.64. The van der Waals surface area contributed by atoms with E-state index in [1.807, 2.05) is 0 Å². The number of fused-ring (bicyclic) bond motifs is 3. The molecule has 2 heterocycles. The van der Waals surface area contributed by atoms with Crippen LogP contribution in [0.1, 0.15) is 12.0 Å². The van der Waals surface area contributed by atoms with E-state index in [1.165, 1.54) is 21.9 Å². The van der Waals surface area contributed by atoms with Gasteiger partial charge in [-0.3, -0.25) is 4.90 Å². The van der Waals surface area contributed by atoms with Crippen molar-refractivity contribution >= 4 is 16.3 Å². The Hall–Kier alpha value is -1.64. The molecule has 102 valence electrons. The maximum Gasteiger partial charge on any atom is 0.0633 e. The lowest BCUT2D eigenvalue weighted by atomic mass is 9.80. The van der Waals surface area contributed by atoms with E-state index < -0.39 is 0 Å². The molecule has 0 spiro atoms. The average Bonchev–Trinajstić information content (AvgIpc) is 2.51. The predicted octanol–water partition coefficient (Wildman–Crippen LogP) is 2.92. The summed E-state index contributed by atoms with van der Waals surface area (Å²) in [4.78, 5) is 2.44. The largest absolute Gasteiger partial charge is 0.392 e. The number of benzene rings is 2. The standard InChI is InChI=1S/C18H19NO/c20-18-9-11-19-10-8-16(17(18)12-19)15-7-3-5-13-4-1-2-6-14(13)15/h1-8,17-18,20H,9-12H2/t17-,18-/m1/s1. The Labute approximate surface area is 119 Å². The first-order chi connectivity index (χ1) is 9.83. The first-order valence-electron chi connectivity index (χ1n) is 7.41. The van der Waals surface area contributed by atoms with E-state index in [0.29, 0.717) is 0 Å². The van der Waals surface area contributed by atoms with Gasteiger partial charge in [0.15, 0.2) is 0 Å². The fourth-order valence-electron chi connectivity index (χ4n) is 3.64. The molecule has 0 aliphatic carbocycles. The highest BCUT2D eigenvalue weighted by atomic mass is 16.3. The van der Waals surface area contributed by atoms with E-state index in [2.05, 4.69) is 53.4 Å². The smallest absolute Gasteiger partial charge is 0.0633 e.